The third-order valence-electron chi connectivity index (χ3n) is 12.0. The van der Waals surface area contributed by atoms with Gasteiger partial charge >= 0.3 is 0 Å². The van der Waals surface area contributed by atoms with Crippen LogP contribution in [0, 0.1) is 0 Å². The second kappa shape index (κ2) is 11.0. The number of nitrogens with zero attached hydrogens (tertiary/aromatic N) is 2. The van der Waals surface area contributed by atoms with Crippen LogP contribution in [0.2, 0.25) is 0 Å². The first-order chi connectivity index (χ1) is 26.8. The number of imidazole rings is 1. The predicted molar refractivity (Wildman–Crippen MR) is 223 cm³/mol. The first kappa shape index (κ1) is 29.5. The van der Waals surface area contributed by atoms with Crippen LogP contribution in [-0.4, -0.2) is 9.55 Å². The van der Waals surface area contributed by atoms with E-state index in [1.54, 1.807) is 0 Å². The van der Waals surface area contributed by atoms with Crippen molar-refractivity contribution in [2.24, 2.45) is 0 Å². The molecule has 0 amide bonds. The molecule has 54 heavy (non-hydrogen) atoms. The van der Waals surface area contributed by atoms with E-state index in [9.17, 15) is 0 Å². The Balaban J connectivity index is 1.22. The molecular formula is C52H32N2. The Bertz CT molecular complexity index is 3060. The highest BCUT2D eigenvalue weighted by Crippen LogP contribution is 2.64. The SMILES string of the molecule is c1ccc(-c2nc3ccccc3n2-c2c3ccccc3c(-c3cccc4c3-c3ccccc3C43c4ccccc4-c4ccccc43)c3ccccc23)cc1. The van der Waals surface area contributed by atoms with Gasteiger partial charge in [0.2, 0.25) is 0 Å². The average Bonchev–Trinajstić information content (AvgIpc) is 3.88. The second-order valence-corrected chi connectivity index (χ2v) is 14.6. The highest BCUT2D eigenvalue weighted by molar-refractivity contribution is 6.21. The van der Waals surface area contributed by atoms with Gasteiger partial charge in [0.15, 0.2) is 0 Å². The zero-order valence-corrected chi connectivity index (χ0v) is 29.4. The Morgan fingerprint density at radius 2 is 0.833 bits per heavy atom. The molecule has 2 aliphatic carbocycles. The van der Waals surface area contributed by atoms with Crippen molar-refractivity contribution < 1.29 is 0 Å². The van der Waals surface area contributed by atoms with Crippen LogP contribution in [0.25, 0.3) is 83.0 Å². The minimum Gasteiger partial charge on any atom is -0.291 e. The van der Waals surface area contributed by atoms with Crippen molar-refractivity contribution >= 4 is 32.6 Å². The van der Waals surface area contributed by atoms with Crippen molar-refractivity contribution in [2.45, 2.75) is 5.41 Å². The molecule has 1 aromatic heterocycles. The highest BCUT2D eigenvalue weighted by Gasteiger charge is 2.52. The Kier molecular flexibility index (Phi) is 6.01. The molecule has 2 heteroatoms. The summed E-state index contributed by atoms with van der Waals surface area (Å²) in [5.41, 5.74) is 17.1. The fourth-order valence-electron chi connectivity index (χ4n) is 10.0. The molecule has 2 aliphatic rings. The van der Waals surface area contributed by atoms with E-state index in [0.29, 0.717) is 0 Å². The van der Waals surface area contributed by atoms with Crippen molar-refractivity contribution in [3.63, 3.8) is 0 Å². The monoisotopic (exact) mass is 684 g/mol. The molecule has 1 spiro atoms. The fourth-order valence-corrected chi connectivity index (χ4v) is 10.0. The van der Waals surface area contributed by atoms with Gasteiger partial charge in [-0.25, -0.2) is 4.98 Å². The molecule has 1 heterocycles. The highest BCUT2D eigenvalue weighted by atomic mass is 15.1. The molecule has 10 aromatic rings. The van der Waals surface area contributed by atoms with Crippen LogP contribution in [0.15, 0.2) is 194 Å². The molecule has 0 bridgehead atoms. The van der Waals surface area contributed by atoms with E-state index in [1.165, 1.54) is 77.2 Å². The number of rotatable bonds is 3. The smallest absolute Gasteiger partial charge is 0.145 e. The summed E-state index contributed by atoms with van der Waals surface area (Å²) in [6.07, 6.45) is 0. The molecule has 0 unspecified atom stereocenters. The topological polar surface area (TPSA) is 17.8 Å². The van der Waals surface area contributed by atoms with E-state index in [-0.39, 0.29) is 0 Å². The Hall–Kier alpha value is -7.03. The van der Waals surface area contributed by atoms with Gasteiger partial charge in [-0.15, -0.1) is 0 Å². The Labute approximate surface area is 313 Å². The van der Waals surface area contributed by atoms with E-state index < -0.39 is 5.41 Å². The van der Waals surface area contributed by atoms with E-state index >= 15 is 0 Å². The van der Waals surface area contributed by atoms with Gasteiger partial charge in [0.05, 0.1) is 22.1 Å². The number of aromatic nitrogens is 2. The maximum Gasteiger partial charge on any atom is 0.145 e. The zero-order valence-electron chi connectivity index (χ0n) is 29.4. The van der Waals surface area contributed by atoms with Crippen LogP contribution in [0.1, 0.15) is 22.3 Å². The van der Waals surface area contributed by atoms with Crippen LogP contribution in [0.3, 0.4) is 0 Å². The first-order valence-corrected chi connectivity index (χ1v) is 18.7. The molecule has 12 rings (SSSR count). The number of hydrogen-bond acceptors (Lipinski definition) is 1. The lowest BCUT2D eigenvalue weighted by atomic mass is 9.70. The van der Waals surface area contributed by atoms with Crippen molar-refractivity contribution in [1.82, 2.24) is 9.55 Å². The lowest BCUT2D eigenvalue weighted by Crippen LogP contribution is -2.25. The number of fused-ring (bicyclic) bond motifs is 13. The van der Waals surface area contributed by atoms with E-state index in [1.807, 2.05) is 0 Å². The third-order valence-corrected chi connectivity index (χ3v) is 12.0. The molecule has 250 valence electrons. The van der Waals surface area contributed by atoms with Crippen LogP contribution in [0.5, 0.6) is 0 Å². The van der Waals surface area contributed by atoms with Gasteiger partial charge in [-0.05, 0) is 78.5 Å². The lowest BCUT2D eigenvalue weighted by molar-refractivity contribution is 0.794. The molecule has 0 saturated carbocycles. The average molecular weight is 685 g/mol. The minimum atomic E-state index is -0.402. The molecule has 0 radical (unpaired) electrons. The maximum atomic E-state index is 5.27. The van der Waals surface area contributed by atoms with E-state index in [2.05, 4.69) is 199 Å². The normalized spacial score (nSPS) is 13.3. The predicted octanol–water partition coefficient (Wildman–Crippen LogP) is 13.0. The lowest BCUT2D eigenvalue weighted by Gasteiger charge is -2.30. The summed E-state index contributed by atoms with van der Waals surface area (Å²) in [5.74, 6) is 0.940. The van der Waals surface area contributed by atoms with Crippen molar-refractivity contribution in [3.05, 3.63) is 216 Å². The summed E-state index contributed by atoms with van der Waals surface area (Å²) < 4.78 is 2.39. The molecule has 9 aromatic carbocycles. The summed E-state index contributed by atoms with van der Waals surface area (Å²) in [5, 5.41) is 4.84. The van der Waals surface area contributed by atoms with Gasteiger partial charge in [-0.2, -0.15) is 0 Å². The summed E-state index contributed by atoms with van der Waals surface area (Å²) >= 11 is 0. The zero-order chi connectivity index (χ0) is 35.4. The van der Waals surface area contributed by atoms with Crippen LogP contribution in [-0.2, 0) is 5.41 Å². The first-order valence-electron chi connectivity index (χ1n) is 18.7. The third kappa shape index (κ3) is 3.72. The van der Waals surface area contributed by atoms with Gasteiger partial charge in [-0.3, -0.25) is 4.57 Å². The molecule has 0 saturated heterocycles. The standard InChI is InChI=1S/C52H32N2/c1-2-17-33(18-3-1)51-53-46-31-14-15-32-47(46)54(51)50-38-23-6-4-21-36(38)48(37-22-5-7-24-39(37)50)41-26-16-30-45-49(41)40-25-10-13-29-44(40)52(45)42-27-11-8-19-34(42)35-20-9-12-28-43(35)52/h1-32H. The second-order valence-electron chi connectivity index (χ2n) is 14.6. The fraction of sp³-hybridized carbons (Fsp3) is 0.0192. The van der Waals surface area contributed by atoms with Gasteiger partial charge in [0, 0.05) is 16.3 Å². The molecule has 0 aliphatic heterocycles. The van der Waals surface area contributed by atoms with Gasteiger partial charge in [-0.1, -0.05) is 182 Å². The number of para-hydroxylation sites is 2. The van der Waals surface area contributed by atoms with Gasteiger partial charge in [0.25, 0.3) is 0 Å². The summed E-state index contributed by atoms with van der Waals surface area (Å²) in [6.45, 7) is 0. The van der Waals surface area contributed by atoms with Gasteiger partial charge < -0.3 is 0 Å². The maximum absolute atomic E-state index is 5.27. The summed E-state index contributed by atoms with van der Waals surface area (Å²) in [6, 6.07) is 71.3. The van der Waals surface area contributed by atoms with Crippen LogP contribution < -0.4 is 0 Å². The van der Waals surface area contributed by atoms with E-state index in [0.717, 1.165) is 28.1 Å². The quantitative estimate of drug-likeness (QED) is 0.169. The van der Waals surface area contributed by atoms with Crippen molar-refractivity contribution in [3.8, 4) is 50.5 Å². The number of benzene rings is 9. The molecule has 2 nitrogen and oxygen atoms in total. The van der Waals surface area contributed by atoms with E-state index in [4.69, 9.17) is 4.98 Å². The largest absolute Gasteiger partial charge is 0.291 e. The molecule has 0 fully saturated rings. The molecule has 0 atom stereocenters. The number of hydrogen-bond donors (Lipinski definition) is 0. The van der Waals surface area contributed by atoms with Crippen molar-refractivity contribution in [1.29, 1.82) is 0 Å². The van der Waals surface area contributed by atoms with Crippen LogP contribution in [0.4, 0.5) is 0 Å². The van der Waals surface area contributed by atoms with Crippen LogP contribution >= 0.6 is 0 Å². The minimum absolute atomic E-state index is 0.402. The van der Waals surface area contributed by atoms with Gasteiger partial charge in [0.1, 0.15) is 5.82 Å². The summed E-state index contributed by atoms with van der Waals surface area (Å²) in [7, 11) is 0. The van der Waals surface area contributed by atoms with Crippen molar-refractivity contribution in [2.75, 3.05) is 0 Å². The Morgan fingerprint density at radius 1 is 0.352 bits per heavy atom. The molecular weight excluding hydrogens is 653 g/mol. The summed E-state index contributed by atoms with van der Waals surface area (Å²) in [4.78, 5) is 5.27. The Morgan fingerprint density at radius 3 is 1.50 bits per heavy atom. The molecule has 0 N–H and O–H groups in total.